The quantitative estimate of drug-likeness (QED) is 0.762. The van der Waals surface area contributed by atoms with Crippen molar-refractivity contribution in [2.75, 3.05) is 6.61 Å². The van der Waals surface area contributed by atoms with Gasteiger partial charge in [-0.1, -0.05) is 0 Å². The minimum atomic E-state index is -0.423. The van der Waals surface area contributed by atoms with Crippen molar-refractivity contribution >= 4 is 16.9 Å². The first kappa shape index (κ1) is 10.5. The number of aromatic amines is 1. The molecule has 2 aromatic rings. The number of benzene rings is 1. The van der Waals surface area contributed by atoms with Crippen LogP contribution in [0, 0.1) is 6.92 Å². The second-order valence-corrected chi connectivity index (χ2v) is 3.63. The van der Waals surface area contributed by atoms with Crippen LogP contribution in [0.25, 0.3) is 10.9 Å². The maximum Gasteiger partial charge on any atom is 0.340 e. The molecule has 0 saturated carbocycles. The van der Waals surface area contributed by atoms with E-state index in [2.05, 4.69) is 4.98 Å². The van der Waals surface area contributed by atoms with Crippen molar-refractivity contribution in [1.82, 2.24) is 4.98 Å². The van der Waals surface area contributed by atoms with Gasteiger partial charge in [0.05, 0.1) is 23.1 Å². The van der Waals surface area contributed by atoms with Crippen LogP contribution >= 0.6 is 0 Å². The number of hydrogen-bond donors (Lipinski definition) is 2. The van der Waals surface area contributed by atoms with E-state index in [1.807, 2.05) is 13.0 Å². The molecule has 0 radical (unpaired) electrons. The predicted molar refractivity (Wildman–Crippen MR) is 60.7 cm³/mol. The van der Waals surface area contributed by atoms with E-state index in [9.17, 15) is 9.90 Å². The number of phenols is 1. The minimum absolute atomic E-state index is 0.0966. The number of ether oxygens (including phenoxy) is 1. The summed E-state index contributed by atoms with van der Waals surface area (Å²) in [6.07, 6.45) is 1.56. The van der Waals surface area contributed by atoms with Gasteiger partial charge in [0, 0.05) is 6.20 Å². The smallest absolute Gasteiger partial charge is 0.340 e. The lowest BCUT2D eigenvalue weighted by molar-refractivity contribution is 0.0528. The predicted octanol–water partition coefficient (Wildman–Crippen LogP) is 2.36. The van der Waals surface area contributed by atoms with Crippen molar-refractivity contribution in [1.29, 1.82) is 0 Å². The lowest BCUT2D eigenvalue weighted by Crippen LogP contribution is -2.03. The van der Waals surface area contributed by atoms with Gasteiger partial charge in [-0.3, -0.25) is 0 Å². The molecule has 0 aliphatic heterocycles. The Kier molecular flexibility index (Phi) is 2.56. The minimum Gasteiger partial charge on any atom is -0.507 e. The molecule has 0 aliphatic carbocycles. The van der Waals surface area contributed by atoms with Crippen LogP contribution in [-0.2, 0) is 4.74 Å². The molecule has 1 heterocycles. The third kappa shape index (κ3) is 1.62. The summed E-state index contributed by atoms with van der Waals surface area (Å²) in [7, 11) is 0. The first-order valence-corrected chi connectivity index (χ1v) is 5.11. The number of fused-ring (bicyclic) bond motifs is 1. The summed E-state index contributed by atoms with van der Waals surface area (Å²) in [4.78, 5) is 14.6. The van der Waals surface area contributed by atoms with Crippen LogP contribution in [0.4, 0.5) is 0 Å². The van der Waals surface area contributed by atoms with E-state index in [0.717, 1.165) is 11.1 Å². The van der Waals surface area contributed by atoms with E-state index >= 15 is 0 Å². The molecular formula is C12H13NO3. The maximum absolute atomic E-state index is 11.6. The van der Waals surface area contributed by atoms with Crippen molar-refractivity contribution in [3.8, 4) is 5.75 Å². The highest BCUT2D eigenvalue weighted by molar-refractivity contribution is 6.06. The molecule has 0 amide bonds. The average Bonchev–Trinajstić information content (AvgIpc) is 2.61. The van der Waals surface area contributed by atoms with Crippen LogP contribution in [0.5, 0.6) is 5.75 Å². The van der Waals surface area contributed by atoms with Gasteiger partial charge in [-0.2, -0.15) is 0 Å². The van der Waals surface area contributed by atoms with Crippen LogP contribution < -0.4 is 0 Å². The van der Waals surface area contributed by atoms with Gasteiger partial charge < -0.3 is 14.8 Å². The Morgan fingerprint density at radius 3 is 2.94 bits per heavy atom. The Balaban J connectivity index is 2.60. The molecule has 2 rings (SSSR count). The molecule has 0 atom stereocenters. The number of aryl methyl sites for hydroxylation is 1. The van der Waals surface area contributed by atoms with Gasteiger partial charge in [0.25, 0.3) is 0 Å². The Morgan fingerprint density at radius 2 is 2.25 bits per heavy atom. The van der Waals surface area contributed by atoms with Gasteiger partial charge >= 0.3 is 5.97 Å². The molecule has 4 nitrogen and oxygen atoms in total. The first-order valence-electron chi connectivity index (χ1n) is 5.11. The van der Waals surface area contributed by atoms with Crippen molar-refractivity contribution < 1.29 is 14.6 Å². The highest BCUT2D eigenvalue weighted by atomic mass is 16.5. The first-order chi connectivity index (χ1) is 7.63. The standard InChI is InChI=1S/C12H13NO3/c1-3-16-12(15)8-6-13-9-4-7(2)5-10(14)11(8)9/h4-6,13-14H,3H2,1-2H3. The van der Waals surface area contributed by atoms with Gasteiger partial charge in [0.15, 0.2) is 0 Å². The number of nitrogens with one attached hydrogen (secondary N) is 1. The highest BCUT2D eigenvalue weighted by Gasteiger charge is 2.16. The van der Waals surface area contributed by atoms with Gasteiger partial charge in [-0.15, -0.1) is 0 Å². The van der Waals surface area contributed by atoms with E-state index in [1.165, 1.54) is 0 Å². The van der Waals surface area contributed by atoms with Gasteiger partial charge in [-0.05, 0) is 31.5 Å². The summed E-state index contributed by atoms with van der Waals surface area (Å²) in [5.41, 5.74) is 2.04. The molecule has 0 spiro atoms. The van der Waals surface area contributed by atoms with Crippen molar-refractivity contribution in [2.24, 2.45) is 0 Å². The van der Waals surface area contributed by atoms with Crippen molar-refractivity contribution in [3.05, 3.63) is 29.5 Å². The molecule has 0 unspecified atom stereocenters. The summed E-state index contributed by atoms with van der Waals surface area (Å²) in [6, 6.07) is 3.50. The zero-order chi connectivity index (χ0) is 11.7. The summed E-state index contributed by atoms with van der Waals surface area (Å²) >= 11 is 0. The largest absolute Gasteiger partial charge is 0.507 e. The zero-order valence-corrected chi connectivity index (χ0v) is 9.20. The number of phenolic OH excluding ortho intramolecular Hbond substituents is 1. The van der Waals surface area contributed by atoms with Crippen LogP contribution in [0.3, 0.4) is 0 Å². The molecular weight excluding hydrogens is 206 g/mol. The van der Waals surface area contributed by atoms with E-state index in [0.29, 0.717) is 17.6 Å². The fraction of sp³-hybridized carbons (Fsp3) is 0.250. The van der Waals surface area contributed by atoms with E-state index < -0.39 is 5.97 Å². The second kappa shape index (κ2) is 3.89. The summed E-state index contributed by atoms with van der Waals surface area (Å²) in [5, 5.41) is 10.3. The Morgan fingerprint density at radius 1 is 1.50 bits per heavy atom. The third-order valence-electron chi connectivity index (χ3n) is 2.40. The molecule has 0 fully saturated rings. The van der Waals surface area contributed by atoms with Gasteiger partial charge in [-0.25, -0.2) is 4.79 Å². The number of carbonyl (C=O) groups is 1. The summed E-state index contributed by atoms with van der Waals surface area (Å²) < 4.78 is 4.91. The lowest BCUT2D eigenvalue weighted by atomic mass is 10.1. The van der Waals surface area contributed by atoms with Gasteiger partial charge in [0.1, 0.15) is 5.75 Å². The number of aromatic nitrogens is 1. The van der Waals surface area contributed by atoms with Gasteiger partial charge in [0.2, 0.25) is 0 Å². The van der Waals surface area contributed by atoms with Crippen molar-refractivity contribution in [3.63, 3.8) is 0 Å². The number of rotatable bonds is 2. The summed E-state index contributed by atoms with van der Waals surface area (Å²) in [5.74, 6) is -0.327. The SMILES string of the molecule is CCOC(=O)c1c[nH]c2cc(C)cc(O)c12. The zero-order valence-electron chi connectivity index (χ0n) is 9.20. The van der Waals surface area contributed by atoms with E-state index in [4.69, 9.17) is 4.74 Å². The number of aromatic hydroxyl groups is 1. The fourth-order valence-corrected chi connectivity index (χ4v) is 1.76. The van der Waals surface area contributed by atoms with Crippen LogP contribution in [0.15, 0.2) is 18.3 Å². The van der Waals surface area contributed by atoms with Crippen LogP contribution in [0.2, 0.25) is 0 Å². The van der Waals surface area contributed by atoms with Crippen molar-refractivity contribution in [2.45, 2.75) is 13.8 Å². The second-order valence-electron chi connectivity index (χ2n) is 3.63. The molecule has 16 heavy (non-hydrogen) atoms. The topological polar surface area (TPSA) is 62.3 Å². The molecule has 1 aromatic carbocycles. The Labute approximate surface area is 92.9 Å². The molecule has 2 N–H and O–H groups in total. The van der Waals surface area contributed by atoms with Crippen LogP contribution in [-0.4, -0.2) is 22.7 Å². The third-order valence-corrected chi connectivity index (χ3v) is 2.40. The highest BCUT2D eigenvalue weighted by Crippen LogP contribution is 2.29. The fourth-order valence-electron chi connectivity index (χ4n) is 1.76. The molecule has 0 saturated heterocycles. The van der Waals surface area contributed by atoms with E-state index in [1.54, 1.807) is 19.2 Å². The number of carbonyl (C=O) groups excluding carboxylic acids is 1. The number of hydrogen-bond acceptors (Lipinski definition) is 3. The Bertz CT molecular complexity index is 542. The molecule has 0 aliphatic rings. The molecule has 84 valence electrons. The Hall–Kier alpha value is -1.97. The molecule has 4 heteroatoms. The average molecular weight is 219 g/mol. The number of esters is 1. The molecule has 0 bridgehead atoms. The van der Waals surface area contributed by atoms with E-state index in [-0.39, 0.29) is 5.75 Å². The monoisotopic (exact) mass is 219 g/mol. The summed E-state index contributed by atoms with van der Waals surface area (Å²) in [6.45, 7) is 3.94. The maximum atomic E-state index is 11.6. The normalized spacial score (nSPS) is 10.6. The van der Waals surface area contributed by atoms with Crippen LogP contribution in [0.1, 0.15) is 22.8 Å². The molecule has 1 aromatic heterocycles. The number of H-pyrrole nitrogens is 1. The lowest BCUT2D eigenvalue weighted by Gasteiger charge is -2.02.